The number of amides is 1. The second-order valence-electron chi connectivity index (χ2n) is 10.2. The zero-order valence-corrected chi connectivity index (χ0v) is 22.3. The lowest BCUT2D eigenvalue weighted by Gasteiger charge is -2.30. The van der Waals surface area contributed by atoms with Crippen LogP contribution in [0.4, 0.5) is 13.2 Å². The average Bonchev–Trinajstić information content (AvgIpc) is 3.51. The molecule has 42 heavy (non-hydrogen) atoms. The highest BCUT2D eigenvalue weighted by molar-refractivity contribution is 5.94. The molecule has 0 radical (unpaired) electrons. The van der Waals surface area contributed by atoms with E-state index in [4.69, 9.17) is 19.3 Å². The van der Waals surface area contributed by atoms with Crippen LogP contribution in [0.1, 0.15) is 33.5 Å². The Kier molecular flexibility index (Phi) is 8.48. The summed E-state index contributed by atoms with van der Waals surface area (Å²) in [4.78, 5) is 37.6. The van der Waals surface area contributed by atoms with Crippen molar-refractivity contribution in [1.29, 1.82) is 0 Å². The molecule has 1 saturated heterocycles. The molecule has 12 heteroatoms. The van der Waals surface area contributed by atoms with Gasteiger partial charge in [-0.25, -0.2) is 9.59 Å². The van der Waals surface area contributed by atoms with E-state index < -0.39 is 54.7 Å². The predicted molar refractivity (Wildman–Crippen MR) is 141 cm³/mol. The van der Waals surface area contributed by atoms with Crippen molar-refractivity contribution in [3.05, 3.63) is 88.5 Å². The van der Waals surface area contributed by atoms with Gasteiger partial charge in [0.1, 0.15) is 18.3 Å². The number of ether oxygens (including phenoxy) is 4. The lowest BCUT2D eigenvalue weighted by molar-refractivity contribution is -0.182. The number of benzene rings is 2. The number of fused-ring (bicyclic) bond motifs is 2. The highest BCUT2D eigenvalue weighted by Gasteiger charge is 2.55. The maximum atomic E-state index is 13.2. The van der Waals surface area contributed by atoms with E-state index in [1.54, 1.807) is 12.1 Å². The lowest BCUT2D eigenvalue weighted by Crippen LogP contribution is -2.44. The third kappa shape index (κ3) is 6.89. The van der Waals surface area contributed by atoms with E-state index in [9.17, 15) is 27.6 Å². The minimum Gasteiger partial charge on any atom is -0.456 e. The third-order valence-electron chi connectivity index (χ3n) is 7.08. The van der Waals surface area contributed by atoms with Crippen LogP contribution < -0.4 is 5.32 Å². The van der Waals surface area contributed by atoms with Crippen molar-refractivity contribution in [3.8, 4) is 0 Å². The Balaban J connectivity index is 1.31. The molecule has 5 rings (SSSR count). The molecular formula is C30H28F3NO8. The second kappa shape index (κ2) is 12.1. The summed E-state index contributed by atoms with van der Waals surface area (Å²) in [5.74, 6) is -3.31. The van der Waals surface area contributed by atoms with E-state index in [0.29, 0.717) is 24.0 Å². The van der Waals surface area contributed by atoms with Crippen LogP contribution in [0.25, 0.3) is 6.08 Å². The molecule has 1 aliphatic heterocycles. The minimum atomic E-state index is -4.64. The smallest absolute Gasteiger partial charge is 0.422 e. The van der Waals surface area contributed by atoms with Crippen LogP contribution in [0.5, 0.6) is 0 Å². The van der Waals surface area contributed by atoms with Crippen LogP contribution >= 0.6 is 0 Å². The van der Waals surface area contributed by atoms with Crippen LogP contribution in [0.15, 0.2) is 66.3 Å². The first-order valence-electron chi connectivity index (χ1n) is 13.3. The number of esters is 2. The first kappa shape index (κ1) is 29.5. The fraction of sp³-hybridized carbons (Fsp3) is 0.367. The zero-order valence-electron chi connectivity index (χ0n) is 22.3. The summed E-state index contributed by atoms with van der Waals surface area (Å²) in [7, 11) is 0. The second-order valence-corrected chi connectivity index (χ2v) is 10.2. The molecule has 9 nitrogen and oxygen atoms in total. The fourth-order valence-corrected chi connectivity index (χ4v) is 5.29. The van der Waals surface area contributed by atoms with Crippen LogP contribution in [0.2, 0.25) is 0 Å². The summed E-state index contributed by atoms with van der Waals surface area (Å²) >= 11 is 0. The molecule has 3 unspecified atom stereocenters. The molecule has 222 valence electrons. The Morgan fingerprint density at radius 3 is 2.50 bits per heavy atom. The number of carbonyl (C=O) groups excluding carboxylic acids is 3. The fourth-order valence-electron chi connectivity index (χ4n) is 5.29. The van der Waals surface area contributed by atoms with Gasteiger partial charge in [0.2, 0.25) is 5.91 Å². The summed E-state index contributed by atoms with van der Waals surface area (Å²) < 4.78 is 59.6. The third-order valence-corrected chi connectivity index (χ3v) is 7.08. The molecule has 2 aliphatic carbocycles. The number of halogens is 3. The van der Waals surface area contributed by atoms with Gasteiger partial charge in [-0.3, -0.25) is 4.79 Å². The Hall–Kier alpha value is -4.00. The lowest BCUT2D eigenvalue weighted by atomic mass is 9.91. The van der Waals surface area contributed by atoms with Gasteiger partial charge in [-0.1, -0.05) is 36.4 Å². The number of nitrogens with one attached hydrogen (secondary N) is 1. The van der Waals surface area contributed by atoms with E-state index >= 15 is 0 Å². The molecule has 0 aromatic heterocycles. The van der Waals surface area contributed by atoms with Crippen molar-refractivity contribution in [2.75, 3.05) is 19.8 Å². The number of rotatable bonds is 8. The number of hydrogen-bond donors (Lipinski definition) is 2. The van der Waals surface area contributed by atoms with Crippen molar-refractivity contribution in [2.45, 2.75) is 49.5 Å². The van der Waals surface area contributed by atoms with Gasteiger partial charge in [-0.15, -0.1) is 0 Å². The molecule has 1 amide bonds. The van der Waals surface area contributed by atoms with Crippen LogP contribution in [0, 0.1) is 0 Å². The van der Waals surface area contributed by atoms with Gasteiger partial charge in [0, 0.05) is 37.5 Å². The molecule has 1 heterocycles. The molecule has 0 saturated carbocycles. The molecule has 3 atom stereocenters. The maximum Gasteiger partial charge on any atom is 0.422 e. The Morgan fingerprint density at radius 2 is 1.81 bits per heavy atom. The number of carbonyl (C=O) groups is 3. The standard InChI is InChI=1S/C30H28F3NO8/c31-30(32,33)17-39-25(36)9-8-18-4-3-7-19(12-18)28(38)40-23-13-22(27(37)34-10-11-35)14-24-26(23)42-29(41-24)15-20-5-1-2-6-21(20)16-29/h1-9,12,14,23-24,26,35H,10-11,13,15-17H2,(H,34,37). The Bertz CT molecular complexity index is 1390. The van der Waals surface area contributed by atoms with Crippen LogP contribution in [-0.4, -0.2) is 73.0 Å². The summed E-state index contributed by atoms with van der Waals surface area (Å²) in [5.41, 5.74) is 2.96. The van der Waals surface area contributed by atoms with Gasteiger partial charge < -0.3 is 29.4 Å². The molecule has 2 N–H and O–H groups in total. The van der Waals surface area contributed by atoms with E-state index in [1.165, 1.54) is 24.3 Å². The van der Waals surface area contributed by atoms with Gasteiger partial charge in [0.15, 0.2) is 12.4 Å². The monoisotopic (exact) mass is 587 g/mol. The quantitative estimate of drug-likeness (QED) is 0.357. The maximum absolute atomic E-state index is 13.2. The van der Waals surface area contributed by atoms with Crippen molar-refractivity contribution in [3.63, 3.8) is 0 Å². The predicted octanol–water partition coefficient (Wildman–Crippen LogP) is 3.05. The SMILES string of the molecule is O=C(C=Cc1cccc(C(=O)OC2CC(C(=O)NCCO)=CC3OC4(Cc5ccccc5C4)OC32)c1)OCC(F)(F)F. The topological polar surface area (TPSA) is 120 Å². The summed E-state index contributed by atoms with van der Waals surface area (Å²) in [6, 6.07) is 13.8. The van der Waals surface area contributed by atoms with Crippen molar-refractivity contribution in [2.24, 2.45) is 0 Å². The summed E-state index contributed by atoms with van der Waals surface area (Å²) in [5, 5.41) is 11.7. The summed E-state index contributed by atoms with van der Waals surface area (Å²) in [6.45, 7) is -1.90. The summed E-state index contributed by atoms with van der Waals surface area (Å²) in [6.07, 6.45) is -2.14. The van der Waals surface area contributed by atoms with Crippen LogP contribution in [-0.2, 0) is 41.4 Å². The van der Waals surface area contributed by atoms with E-state index in [2.05, 4.69) is 10.1 Å². The molecule has 1 spiro atoms. The van der Waals surface area contributed by atoms with Crippen molar-refractivity contribution in [1.82, 2.24) is 5.32 Å². The molecule has 3 aliphatic rings. The highest BCUT2D eigenvalue weighted by Crippen LogP contribution is 2.45. The Morgan fingerprint density at radius 1 is 1.07 bits per heavy atom. The van der Waals surface area contributed by atoms with Gasteiger partial charge in [0.05, 0.1) is 12.2 Å². The Labute approximate surface area is 238 Å². The molecular weight excluding hydrogens is 559 g/mol. The average molecular weight is 588 g/mol. The normalized spacial score (nSPS) is 22.4. The van der Waals surface area contributed by atoms with E-state index in [-0.39, 0.29) is 25.1 Å². The van der Waals surface area contributed by atoms with Crippen molar-refractivity contribution < 1.29 is 51.6 Å². The number of aliphatic hydroxyl groups excluding tert-OH is 1. The number of hydrogen-bond acceptors (Lipinski definition) is 8. The number of alkyl halides is 3. The van der Waals surface area contributed by atoms with Gasteiger partial charge >= 0.3 is 18.1 Å². The van der Waals surface area contributed by atoms with E-state index in [0.717, 1.165) is 17.2 Å². The van der Waals surface area contributed by atoms with Gasteiger partial charge in [-0.2, -0.15) is 13.2 Å². The van der Waals surface area contributed by atoms with Crippen molar-refractivity contribution >= 4 is 23.9 Å². The first-order valence-corrected chi connectivity index (χ1v) is 13.3. The molecule has 2 aromatic carbocycles. The van der Waals surface area contributed by atoms with E-state index in [1.807, 2.05) is 24.3 Å². The zero-order chi connectivity index (χ0) is 29.9. The first-order chi connectivity index (χ1) is 20.0. The van der Waals surface area contributed by atoms with Gasteiger partial charge in [0.25, 0.3) is 0 Å². The largest absolute Gasteiger partial charge is 0.456 e. The van der Waals surface area contributed by atoms with Gasteiger partial charge in [-0.05, 0) is 41.0 Å². The highest BCUT2D eigenvalue weighted by atomic mass is 19.4. The number of aliphatic hydroxyl groups is 1. The van der Waals surface area contributed by atoms with Crippen LogP contribution in [0.3, 0.4) is 0 Å². The molecule has 0 bridgehead atoms. The minimum absolute atomic E-state index is 0.0429. The molecule has 1 fully saturated rings. The molecule has 2 aromatic rings.